The molecule has 0 bridgehead atoms. The first-order valence-corrected chi connectivity index (χ1v) is 17.2. The highest BCUT2D eigenvalue weighted by atomic mass is 16.2. The second-order valence-electron chi connectivity index (χ2n) is 13.9. The Hall–Kier alpha value is -3.13. The Bertz CT molecular complexity index is 1330. The van der Waals surface area contributed by atoms with Crippen LogP contribution in [0.5, 0.6) is 0 Å². The van der Waals surface area contributed by atoms with Crippen molar-refractivity contribution in [2.24, 2.45) is 11.8 Å². The molecule has 44 heavy (non-hydrogen) atoms. The maximum absolute atomic E-state index is 13.6. The Balaban J connectivity index is 1.95. The predicted molar refractivity (Wildman–Crippen MR) is 185 cm³/mol. The maximum atomic E-state index is 13.6. The van der Waals surface area contributed by atoms with Crippen molar-refractivity contribution in [2.45, 2.75) is 132 Å². The Kier molecular flexibility index (Phi) is 12.6. The van der Waals surface area contributed by atoms with Crippen LogP contribution in [-0.2, 0) is 9.59 Å². The minimum Gasteiger partial charge on any atom is -0.366 e. The zero-order valence-corrected chi connectivity index (χ0v) is 29.1. The molecule has 0 aliphatic carbocycles. The molecule has 0 saturated heterocycles. The summed E-state index contributed by atoms with van der Waals surface area (Å²) in [5.41, 5.74) is 6.16. The van der Waals surface area contributed by atoms with Crippen molar-refractivity contribution in [3.8, 4) is 0 Å². The minimum absolute atomic E-state index is 0.0559. The quantitative estimate of drug-likeness (QED) is 0.121. The Morgan fingerprint density at radius 3 is 2.16 bits per heavy atom. The molecule has 3 atom stereocenters. The SMILES string of the molecule is [C-]#[N+]C1=C(C)/C(=C\C=C\c2cc3c(cc2C)N(CC(CC)CCCC)C(C)(C)CC3C)C(=O)N(CC(CC)CCCC)C1=O. The standard InChI is InChI=1S/C39H57N3O2/c1-11-15-18-30(13-3)25-41-37(43)33(29(7)36(40-10)38(41)44)21-17-20-32-23-34-28(6)24-39(8,9)42(35(34)22-27(32)5)26-31(14-4)19-16-12-2/h17,20-23,28,30-31H,11-16,18-19,24-26H2,1-9H3/b20-17+,33-21+. The van der Waals surface area contributed by atoms with E-state index in [9.17, 15) is 9.59 Å². The summed E-state index contributed by atoms with van der Waals surface area (Å²) < 4.78 is 0. The first-order valence-electron chi connectivity index (χ1n) is 17.2. The van der Waals surface area contributed by atoms with Gasteiger partial charge in [0.05, 0.1) is 6.57 Å². The number of aryl methyl sites for hydroxylation is 1. The third-order valence-corrected chi connectivity index (χ3v) is 10.1. The van der Waals surface area contributed by atoms with Crippen molar-refractivity contribution in [3.05, 3.63) is 69.2 Å². The third kappa shape index (κ3) is 7.92. The van der Waals surface area contributed by atoms with Crippen LogP contribution in [0.3, 0.4) is 0 Å². The lowest BCUT2D eigenvalue weighted by Gasteiger charge is -2.49. The van der Waals surface area contributed by atoms with Crippen LogP contribution in [0.25, 0.3) is 10.9 Å². The Morgan fingerprint density at radius 2 is 1.59 bits per heavy atom. The summed E-state index contributed by atoms with van der Waals surface area (Å²) in [7, 11) is 0. The molecule has 3 unspecified atom stereocenters. The van der Waals surface area contributed by atoms with E-state index in [4.69, 9.17) is 6.57 Å². The number of anilines is 1. The van der Waals surface area contributed by atoms with Crippen LogP contribution in [-0.4, -0.2) is 35.3 Å². The monoisotopic (exact) mass is 599 g/mol. The highest BCUT2D eigenvalue weighted by molar-refractivity contribution is 6.17. The van der Waals surface area contributed by atoms with E-state index >= 15 is 0 Å². The molecular weight excluding hydrogens is 542 g/mol. The molecule has 3 rings (SSSR count). The molecule has 0 radical (unpaired) electrons. The van der Waals surface area contributed by atoms with Gasteiger partial charge in [0.25, 0.3) is 17.5 Å². The summed E-state index contributed by atoms with van der Waals surface area (Å²) in [6.45, 7) is 29.0. The van der Waals surface area contributed by atoms with Crippen molar-refractivity contribution >= 4 is 23.6 Å². The van der Waals surface area contributed by atoms with Gasteiger partial charge in [-0.05, 0) is 99.1 Å². The molecule has 0 fully saturated rings. The number of hydrogen-bond acceptors (Lipinski definition) is 3. The van der Waals surface area contributed by atoms with Crippen LogP contribution >= 0.6 is 0 Å². The number of fused-ring (bicyclic) bond motifs is 1. The van der Waals surface area contributed by atoms with Gasteiger partial charge in [-0.2, -0.15) is 0 Å². The van der Waals surface area contributed by atoms with Gasteiger partial charge in [0, 0.05) is 29.9 Å². The highest BCUT2D eigenvalue weighted by Gasteiger charge is 2.38. The van der Waals surface area contributed by atoms with Gasteiger partial charge < -0.3 is 4.90 Å². The molecule has 1 aromatic carbocycles. The number of benzene rings is 1. The number of nitrogens with zero attached hydrogens (tertiary/aromatic N) is 3. The number of carbonyl (C=O) groups is 2. The number of rotatable bonds is 14. The van der Waals surface area contributed by atoms with E-state index in [0.29, 0.717) is 29.5 Å². The summed E-state index contributed by atoms with van der Waals surface area (Å²) in [6, 6.07) is 4.70. The molecule has 240 valence electrons. The van der Waals surface area contributed by atoms with Gasteiger partial charge in [-0.1, -0.05) is 91.4 Å². The van der Waals surface area contributed by atoms with Crippen molar-refractivity contribution < 1.29 is 9.59 Å². The molecule has 0 aromatic heterocycles. The fourth-order valence-electron chi connectivity index (χ4n) is 7.08. The largest absolute Gasteiger partial charge is 0.366 e. The van der Waals surface area contributed by atoms with E-state index in [0.717, 1.165) is 44.2 Å². The average Bonchev–Trinajstić information content (AvgIpc) is 2.98. The van der Waals surface area contributed by atoms with E-state index in [-0.39, 0.29) is 23.1 Å². The molecule has 0 N–H and O–H groups in total. The van der Waals surface area contributed by atoms with Crippen LogP contribution in [0, 0.1) is 25.3 Å². The topological polar surface area (TPSA) is 45.0 Å². The molecule has 0 spiro atoms. The zero-order valence-electron chi connectivity index (χ0n) is 29.1. The van der Waals surface area contributed by atoms with Crippen LogP contribution in [0.1, 0.15) is 136 Å². The molecular formula is C39H57N3O2. The van der Waals surface area contributed by atoms with E-state index in [1.165, 1.54) is 47.4 Å². The number of carbonyl (C=O) groups excluding carboxylic acids is 2. The van der Waals surface area contributed by atoms with Crippen molar-refractivity contribution in [2.75, 3.05) is 18.0 Å². The Labute approximate surface area is 268 Å². The molecule has 5 nitrogen and oxygen atoms in total. The lowest BCUT2D eigenvalue weighted by molar-refractivity contribution is -0.141. The molecule has 2 aliphatic rings. The number of allylic oxidation sites excluding steroid dienone is 2. The summed E-state index contributed by atoms with van der Waals surface area (Å²) in [5.74, 6) is 0.641. The second kappa shape index (κ2) is 15.7. The van der Waals surface area contributed by atoms with Crippen LogP contribution in [0.4, 0.5) is 5.69 Å². The molecule has 2 aliphatic heterocycles. The highest BCUT2D eigenvalue weighted by Crippen LogP contribution is 2.45. The van der Waals surface area contributed by atoms with Gasteiger partial charge in [-0.25, -0.2) is 4.85 Å². The number of imide groups is 1. The maximum Gasteiger partial charge on any atom is 0.260 e. The molecule has 1 aromatic rings. The summed E-state index contributed by atoms with van der Waals surface area (Å²) >= 11 is 0. The van der Waals surface area contributed by atoms with Crippen LogP contribution in [0.2, 0.25) is 0 Å². The van der Waals surface area contributed by atoms with Gasteiger partial charge in [0.1, 0.15) is 0 Å². The van der Waals surface area contributed by atoms with Crippen molar-refractivity contribution in [3.63, 3.8) is 0 Å². The Morgan fingerprint density at radius 1 is 0.977 bits per heavy atom. The van der Waals surface area contributed by atoms with Gasteiger partial charge in [0.15, 0.2) is 0 Å². The van der Waals surface area contributed by atoms with Crippen LogP contribution in [0.15, 0.2) is 41.1 Å². The summed E-state index contributed by atoms with van der Waals surface area (Å²) in [4.78, 5) is 34.3. The number of amides is 2. The lowest BCUT2D eigenvalue weighted by Crippen LogP contribution is -2.50. The van der Waals surface area contributed by atoms with Crippen LogP contribution < -0.4 is 4.90 Å². The smallest absolute Gasteiger partial charge is 0.260 e. The third-order valence-electron chi connectivity index (χ3n) is 10.1. The molecule has 5 heteroatoms. The summed E-state index contributed by atoms with van der Waals surface area (Å²) in [5, 5.41) is 0. The number of hydrogen-bond donors (Lipinski definition) is 0. The first kappa shape index (κ1) is 35.4. The second-order valence-corrected chi connectivity index (χ2v) is 13.9. The summed E-state index contributed by atoms with van der Waals surface area (Å²) in [6.07, 6.45) is 15.9. The normalized spacial score (nSPS) is 20.8. The van der Waals surface area contributed by atoms with E-state index in [2.05, 4.69) is 83.3 Å². The average molecular weight is 600 g/mol. The van der Waals surface area contributed by atoms with Gasteiger partial charge in [-0.3, -0.25) is 14.5 Å². The van der Waals surface area contributed by atoms with Gasteiger partial charge in [-0.15, -0.1) is 0 Å². The van der Waals surface area contributed by atoms with Crippen molar-refractivity contribution in [1.82, 2.24) is 4.90 Å². The predicted octanol–water partition coefficient (Wildman–Crippen LogP) is 10.0. The first-order chi connectivity index (χ1) is 20.9. The number of unbranched alkanes of at least 4 members (excludes halogenated alkanes) is 2. The minimum atomic E-state index is -0.453. The van der Waals surface area contributed by atoms with Gasteiger partial charge in [0.2, 0.25) is 0 Å². The van der Waals surface area contributed by atoms with E-state index in [1.54, 1.807) is 13.0 Å². The fourth-order valence-corrected chi connectivity index (χ4v) is 7.08. The molecule has 2 amide bonds. The lowest BCUT2D eigenvalue weighted by atomic mass is 9.78. The van der Waals surface area contributed by atoms with Crippen molar-refractivity contribution in [1.29, 1.82) is 0 Å². The van der Waals surface area contributed by atoms with E-state index < -0.39 is 5.91 Å². The van der Waals surface area contributed by atoms with E-state index in [1.807, 2.05) is 6.08 Å². The van der Waals surface area contributed by atoms with Gasteiger partial charge >= 0.3 is 0 Å². The fraction of sp³-hybridized carbons (Fsp3) is 0.615. The molecule has 2 heterocycles. The molecule has 0 saturated carbocycles. The zero-order chi connectivity index (χ0) is 32.6.